The fraction of sp³-hybridized carbons (Fsp3) is 0.238. The molecule has 180 valence electrons. The fourth-order valence-electron chi connectivity index (χ4n) is 3.69. The summed E-state index contributed by atoms with van der Waals surface area (Å²) in [5.41, 5.74) is 4.41. The number of halogens is 1. The number of hydrogen-bond acceptors (Lipinski definition) is 10. The van der Waals surface area contributed by atoms with Gasteiger partial charge in [0.05, 0.1) is 42.8 Å². The summed E-state index contributed by atoms with van der Waals surface area (Å²) in [5, 5.41) is 29.2. The zero-order valence-corrected chi connectivity index (χ0v) is 18.3. The van der Waals surface area contributed by atoms with E-state index in [1.54, 1.807) is 12.1 Å². The highest BCUT2D eigenvalue weighted by Crippen LogP contribution is 2.28. The number of nitrogens with two attached hydrogens (primary N) is 1. The lowest BCUT2D eigenvalue weighted by molar-refractivity contribution is -0.165. The number of benzene rings is 1. The van der Waals surface area contributed by atoms with Gasteiger partial charge in [-0.3, -0.25) is 14.5 Å². The summed E-state index contributed by atoms with van der Waals surface area (Å²) in [6, 6.07) is 6.16. The van der Waals surface area contributed by atoms with Crippen LogP contribution in [0.5, 0.6) is 0 Å². The highest BCUT2D eigenvalue weighted by molar-refractivity contribution is 6.06. The number of aromatic nitrogens is 5. The van der Waals surface area contributed by atoms with E-state index in [0.717, 1.165) is 18.0 Å². The van der Waals surface area contributed by atoms with Crippen molar-refractivity contribution in [3.63, 3.8) is 0 Å². The first kappa shape index (κ1) is 22.4. The second kappa shape index (κ2) is 8.41. The summed E-state index contributed by atoms with van der Waals surface area (Å²) < 4.78 is 26.5. The number of nitrogens with one attached hydrogen (secondary N) is 1. The molecule has 2 atom stereocenters. The van der Waals surface area contributed by atoms with Crippen molar-refractivity contribution in [1.29, 1.82) is 0 Å². The number of rotatable bonds is 5. The van der Waals surface area contributed by atoms with E-state index in [4.69, 9.17) is 15.0 Å². The zero-order valence-electron chi connectivity index (χ0n) is 18.3. The van der Waals surface area contributed by atoms with Crippen molar-refractivity contribution in [2.75, 3.05) is 29.1 Å². The van der Waals surface area contributed by atoms with Crippen molar-refractivity contribution in [2.24, 2.45) is 0 Å². The van der Waals surface area contributed by atoms with E-state index < -0.39 is 29.3 Å². The van der Waals surface area contributed by atoms with Gasteiger partial charge < -0.3 is 25.4 Å². The van der Waals surface area contributed by atoms with Crippen LogP contribution in [-0.4, -0.2) is 66.9 Å². The molecular formula is C21H19FN8O5. The minimum Gasteiger partial charge on any atom is -0.380 e. The van der Waals surface area contributed by atoms with Crippen LogP contribution in [0, 0.1) is 5.82 Å². The maximum absolute atomic E-state index is 14.7. The van der Waals surface area contributed by atoms with Crippen LogP contribution in [0.4, 0.5) is 21.7 Å². The molecule has 0 aliphatic carbocycles. The first-order valence-electron chi connectivity index (χ1n) is 10.4. The lowest BCUT2D eigenvalue weighted by Gasteiger charge is -2.37. The van der Waals surface area contributed by atoms with Gasteiger partial charge >= 0.3 is 0 Å². The van der Waals surface area contributed by atoms with Crippen LogP contribution in [0.25, 0.3) is 16.7 Å². The molecule has 3 aromatic heterocycles. The SMILES string of the molecule is CC(O)(C(=O)Nc1ccc2c(N)noc2c1)[C@H]1OCCN(c2nn(-c3ccnnc3)cc2F)C1=O. The number of hydrogen-bond donors (Lipinski definition) is 3. The third-order valence-corrected chi connectivity index (χ3v) is 5.56. The maximum atomic E-state index is 14.7. The number of nitrogens with zero attached hydrogens (tertiary/aromatic N) is 6. The Morgan fingerprint density at radius 1 is 1.34 bits per heavy atom. The number of ether oxygens (including phenoxy) is 1. The molecule has 1 aromatic carbocycles. The number of carbonyl (C=O) groups is 2. The Balaban J connectivity index is 1.37. The summed E-state index contributed by atoms with van der Waals surface area (Å²) >= 11 is 0. The first-order valence-corrected chi connectivity index (χ1v) is 10.4. The standard InChI is InChI=1S/C21H19FN8O5/c1-21(33,20(32)26-11-2-3-13-15(8-11)35-28-17(13)23)16-19(31)29(6-7-34-16)18-14(22)10-30(27-18)12-4-5-24-25-9-12/h2-5,8-10,16,33H,6-7H2,1H3,(H2,23,28)(H,26,32)/t16-,21?/m0/s1. The van der Waals surface area contributed by atoms with Gasteiger partial charge in [0.15, 0.2) is 34.7 Å². The van der Waals surface area contributed by atoms with E-state index in [1.165, 1.54) is 29.2 Å². The zero-order chi connectivity index (χ0) is 24.7. The monoisotopic (exact) mass is 482 g/mol. The van der Waals surface area contributed by atoms with Crippen LogP contribution in [-0.2, 0) is 14.3 Å². The van der Waals surface area contributed by atoms with Crippen LogP contribution >= 0.6 is 0 Å². The van der Waals surface area contributed by atoms with E-state index in [-0.39, 0.29) is 30.5 Å². The topological polar surface area (TPSA) is 175 Å². The van der Waals surface area contributed by atoms with E-state index in [2.05, 4.69) is 25.8 Å². The van der Waals surface area contributed by atoms with Crippen molar-refractivity contribution < 1.29 is 28.3 Å². The van der Waals surface area contributed by atoms with Gasteiger partial charge in [0, 0.05) is 11.8 Å². The summed E-state index contributed by atoms with van der Waals surface area (Å²) in [5.74, 6) is -2.60. The number of aliphatic hydroxyl groups is 1. The molecule has 0 radical (unpaired) electrons. The minimum atomic E-state index is -2.31. The number of amides is 2. The number of carbonyl (C=O) groups excluding carboxylic acids is 2. The van der Waals surface area contributed by atoms with Crippen LogP contribution in [0.1, 0.15) is 6.92 Å². The Morgan fingerprint density at radius 2 is 2.17 bits per heavy atom. The lowest BCUT2D eigenvalue weighted by atomic mass is 9.95. The highest BCUT2D eigenvalue weighted by Gasteiger charge is 2.49. The molecule has 35 heavy (non-hydrogen) atoms. The lowest BCUT2D eigenvalue weighted by Crippen LogP contribution is -2.61. The Hall–Kier alpha value is -4.43. The van der Waals surface area contributed by atoms with Crippen molar-refractivity contribution in [2.45, 2.75) is 18.6 Å². The van der Waals surface area contributed by atoms with Crippen LogP contribution in [0.3, 0.4) is 0 Å². The second-order valence-electron chi connectivity index (χ2n) is 7.97. The molecule has 1 aliphatic rings. The predicted octanol–water partition coefficient (Wildman–Crippen LogP) is 0.646. The smallest absolute Gasteiger partial charge is 0.261 e. The van der Waals surface area contributed by atoms with E-state index >= 15 is 0 Å². The Morgan fingerprint density at radius 3 is 2.94 bits per heavy atom. The van der Waals surface area contributed by atoms with Gasteiger partial charge in [-0.05, 0) is 25.1 Å². The predicted molar refractivity (Wildman–Crippen MR) is 119 cm³/mol. The average Bonchev–Trinajstić information content (AvgIpc) is 3.42. The summed E-state index contributed by atoms with van der Waals surface area (Å²) in [7, 11) is 0. The number of anilines is 3. The summed E-state index contributed by atoms with van der Waals surface area (Å²) in [4.78, 5) is 27.1. The first-order chi connectivity index (χ1) is 16.8. The Bertz CT molecular complexity index is 1420. The molecular weight excluding hydrogens is 463 g/mol. The minimum absolute atomic E-state index is 0.0286. The molecule has 1 unspecified atom stereocenters. The number of morpholine rings is 1. The largest absolute Gasteiger partial charge is 0.380 e. The van der Waals surface area contributed by atoms with Gasteiger partial charge in [0.25, 0.3) is 11.8 Å². The quantitative estimate of drug-likeness (QED) is 0.366. The molecule has 4 N–H and O–H groups in total. The van der Waals surface area contributed by atoms with Gasteiger partial charge in [0.1, 0.15) is 0 Å². The number of nitrogen functional groups attached to an aromatic ring is 1. The average molecular weight is 482 g/mol. The molecule has 2 amide bonds. The Labute approximate surface area is 196 Å². The molecule has 0 saturated carbocycles. The van der Waals surface area contributed by atoms with E-state index in [9.17, 15) is 19.1 Å². The van der Waals surface area contributed by atoms with E-state index in [0.29, 0.717) is 16.7 Å². The van der Waals surface area contributed by atoms with Crippen molar-refractivity contribution in [3.8, 4) is 5.69 Å². The summed E-state index contributed by atoms with van der Waals surface area (Å²) in [6.45, 7) is 1.04. The van der Waals surface area contributed by atoms with Crippen molar-refractivity contribution >= 4 is 40.1 Å². The molecule has 4 aromatic rings. The normalized spacial score (nSPS) is 18.0. The third kappa shape index (κ3) is 3.94. The highest BCUT2D eigenvalue weighted by atomic mass is 19.1. The van der Waals surface area contributed by atoms with Crippen LogP contribution in [0.15, 0.2) is 47.4 Å². The molecule has 0 spiro atoms. The molecule has 1 saturated heterocycles. The van der Waals surface area contributed by atoms with Crippen molar-refractivity contribution in [1.82, 2.24) is 25.1 Å². The van der Waals surface area contributed by atoms with Crippen LogP contribution < -0.4 is 16.0 Å². The molecule has 0 bridgehead atoms. The fourth-order valence-corrected chi connectivity index (χ4v) is 3.69. The molecule has 1 fully saturated rings. The van der Waals surface area contributed by atoms with Crippen LogP contribution in [0.2, 0.25) is 0 Å². The summed E-state index contributed by atoms with van der Waals surface area (Å²) in [6.07, 6.45) is 2.25. The molecule has 14 heteroatoms. The maximum Gasteiger partial charge on any atom is 0.261 e. The van der Waals surface area contributed by atoms with Gasteiger partial charge in [-0.25, -0.2) is 9.07 Å². The Kier molecular flexibility index (Phi) is 5.37. The molecule has 4 heterocycles. The van der Waals surface area contributed by atoms with Gasteiger partial charge in [-0.2, -0.15) is 10.2 Å². The van der Waals surface area contributed by atoms with E-state index in [1.807, 2.05) is 0 Å². The van der Waals surface area contributed by atoms with Gasteiger partial charge in [0.2, 0.25) is 0 Å². The second-order valence-corrected chi connectivity index (χ2v) is 7.97. The molecule has 13 nitrogen and oxygen atoms in total. The number of fused-ring (bicyclic) bond motifs is 1. The molecule has 5 rings (SSSR count). The van der Waals surface area contributed by atoms with Crippen molar-refractivity contribution in [3.05, 3.63) is 48.7 Å². The molecule has 1 aliphatic heterocycles. The third-order valence-electron chi connectivity index (χ3n) is 5.56. The van der Waals surface area contributed by atoms with Gasteiger partial charge in [-0.15, -0.1) is 5.10 Å². The van der Waals surface area contributed by atoms with Gasteiger partial charge in [-0.1, -0.05) is 5.16 Å².